The van der Waals surface area contributed by atoms with Gasteiger partial charge in [0.15, 0.2) is 0 Å². The van der Waals surface area contributed by atoms with Crippen LogP contribution in [0.1, 0.15) is 43.7 Å². The van der Waals surface area contributed by atoms with Crippen molar-refractivity contribution in [3.8, 4) is 0 Å². The first-order chi connectivity index (χ1) is 7.83. The molecule has 1 N–H and O–H groups in total. The van der Waals surface area contributed by atoms with Crippen molar-refractivity contribution < 1.29 is 4.79 Å². The van der Waals surface area contributed by atoms with Gasteiger partial charge in [0.25, 0.3) is 0 Å². The van der Waals surface area contributed by atoms with Crippen molar-refractivity contribution in [3.05, 3.63) is 35.9 Å². The molecule has 16 heavy (non-hydrogen) atoms. The maximum absolute atomic E-state index is 11.9. The predicted molar refractivity (Wildman–Crippen MR) is 62.8 cm³/mol. The van der Waals surface area contributed by atoms with Gasteiger partial charge in [0.2, 0.25) is 5.91 Å². The molecule has 3 rings (SSSR count). The van der Waals surface area contributed by atoms with E-state index in [4.69, 9.17) is 0 Å². The fourth-order valence-corrected chi connectivity index (χ4v) is 3.21. The molecular weight excluding hydrogens is 198 g/mol. The summed E-state index contributed by atoms with van der Waals surface area (Å²) in [6.07, 6.45) is 5.83. The maximum Gasteiger partial charge on any atom is 0.229 e. The molecule has 0 bridgehead atoms. The van der Waals surface area contributed by atoms with Crippen molar-refractivity contribution in [1.29, 1.82) is 0 Å². The topological polar surface area (TPSA) is 29.1 Å². The summed E-state index contributed by atoms with van der Waals surface area (Å²) in [5, 5.41) is 3.08. The molecule has 1 amide bonds. The molecule has 2 aliphatic rings. The molecule has 1 atom stereocenters. The number of nitrogens with one attached hydrogen (secondary N) is 1. The Bertz CT molecular complexity index is 392. The van der Waals surface area contributed by atoms with E-state index < -0.39 is 0 Å². The van der Waals surface area contributed by atoms with E-state index in [2.05, 4.69) is 29.6 Å². The van der Waals surface area contributed by atoms with E-state index in [9.17, 15) is 4.79 Å². The molecule has 1 aliphatic carbocycles. The van der Waals surface area contributed by atoms with Gasteiger partial charge in [-0.15, -0.1) is 0 Å². The second-order valence-electron chi connectivity index (χ2n) is 5.03. The minimum atomic E-state index is -0.0698. The minimum Gasteiger partial charge on any atom is -0.348 e. The van der Waals surface area contributed by atoms with Gasteiger partial charge < -0.3 is 5.32 Å². The summed E-state index contributed by atoms with van der Waals surface area (Å²) in [5.41, 5.74) is 1.20. The number of amides is 1. The van der Waals surface area contributed by atoms with Crippen LogP contribution in [0.5, 0.6) is 0 Å². The number of hydrogen-bond acceptors (Lipinski definition) is 1. The third-order valence-electron chi connectivity index (χ3n) is 4.16. The van der Waals surface area contributed by atoms with E-state index in [1.54, 1.807) is 0 Å². The Morgan fingerprint density at radius 2 is 1.75 bits per heavy atom. The third-order valence-corrected chi connectivity index (χ3v) is 4.16. The summed E-state index contributed by atoms with van der Waals surface area (Å²) in [4.78, 5) is 11.9. The Balaban J connectivity index is 1.90. The van der Waals surface area contributed by atoms with Crippen molar-refractivity contribution in [2.75, 3.05) is 0 Å². The van der Waals surface area contributed by atoms with E-state index in [0.717, 1.165) is 12.8 Å². The van der Waals surface area contributed by atoms with Gasteiger partial charge in [0, 0.05) is 0 Å². The monoisotopic (exact) mass is 215 g/mol. The van der Waals surface area contributed by atoms with E-state index in [1.807, 2.05) is 6.07 Å². The first-order valence-corrected chi connectivity index (χ1v) is 6.19. The van der Waals surface area contributed by atoms with Crippen LogP contribution in [0.3, 0.4) is 0 Å². The molecule has 1 unspecified atom stereocenters. The van der Waals surface area contributed by atoms with Crippen molar-refractivity contribution in [2.45, 2.75) is 38.1 Å². The summed E-state index contributed by atoms with van der Waals surface area (Å²) < 4.78 is 0. The Morgan fingerprint density at radius 1 is 1.06 bits per heavy atom. The highest BCUT2D eigenvalue weighted by Crippen LogP contribution is 2.51. The SMILES string of the molecule is O=C1NC(c2ccccc2)C12CCCCC2. The van der Waals surface area contributed by atoms with Crippen molar-refractivity contribution in [2.24, 2.45) is 5.41 Å². The van der Waals surface area contributed by atoms with Gasteiger partial charge in [-0.05, 0) is 18.4 Å². The van der Waals surface area contributed by atoms with Crippen molar-refractivity contribution in [3.63, 3.8) is 0 Å². The van der Waals surface area contributed by atoms with Gasteiger partial charge in [-0.3, -0.25) is 4.79 Å². The second-order valence-corrected chi connectivity index (χ2v) is 5.03. The first-order valence-electron chi connectivity index (χ1n) is 6.19. The fraction of sp³-hybridized carbons (Fsp3) is 0.500. The molecule has 2 fully saturated rings. The van der Waals surface area contributed by atoms with Crippen LogP contribution in [0.25, 0.3) is 0 Å². The molecule has 1 aromatic carbocycles. The lowest BCUT2D eigenvalue weighted by atomic mass is 9.61. The van der Waals surface area contributed by atoms with Crippen LogP contribution in [0.15, 0.2) is 30.3 Å². The van der Waals surface area contributed by atoms with Gasteiger partial charge in [-0.1, -0.05) is 49.6 Å². The molecule has 1 spiro atoms. The maximum atomic E-state index is 11.9. The summed E-state index contributed by atoms with van der Waals surface area (Å²) in [6.45, 7) is 0. The molecule has 84 valence electrons. The minimum absolute atomic E-state index is 0.0698. The van der Waals surface area contributed by atoms with Gasteiger partial charge in [0.1, 0.15) is 0 Å². The number of hydrogen-bond donors (Lipinski definition) is 1. The Hall–Kier alpha value is -1.31. The number of carbonyl (C=O) groups excluding carboxylic acids is 1. The average Bonchev–Trinajstić information content (AvgIpc) is 2.38. The lowest BCUT2D eigenvalue weighted by molar-refractivity contribution is -0.149. The highest BCUT2D eigenvalue weighted by atomic mass is 16.2. The number of β-lactam (4-membered cyclic amide) rings is 1. The van der Waals surface area contributed by atoms with Gasteiger partial charge >= 0.3 is 0 Å². The molecule has 0 radical (unpaired) electrons. The van der Waals surface area contributed by atoms with Crippen LogP contribution >= 0.6 is 0 Å². The predicted octanol–water partition coefficient (Wildman–Crippen LogP) is 2.81. The highest BCUT2D eigenvalue weighted by Gasteiger charge is 2.55. The number of rotatable bonds is 1. The summed E-state index contributed by atoms with van der Waals surface area (Å²) in [7, 11) is 0. The van der Waals surface area contributed by atoms with Crippen LogP contribution in [0, 0.1) is 5.41 Å². The van der Waals surface area contributed by atoms with Crippen LogP contribution in [-0.2, 0) is 4.79 Å². The van der Waals surface area contributed by atoms with E-state index >= 15 is 0 Å². The van der Waals surface area contributed by atoms with Crippen LogP contribution in [-0.4, -0.2) is 5.91 Å². The standard InChI is InChI=1S/C14H17NO/c16-13-14(9-5-2-6-10-14)12(15-13)11-7-3-1-4-8-11/h1,3-4,7-8,12H,2,5-6,9-10H2,(H,15,16). The molecular formula is C14H17NO. The molecule has 1 aliphatic heterocycles. The van der Waals surface area contributed by atoms with Crippen molar-refractivity contribution in [1.82, 2.24) is 5.32 Å². The molecule has 1 aromatic rings. The molecule has 2 nitrogen and oxygen atoms in total. The lowest BCUT2D eigenvalue weighted by Crippen LogP contribution is -2.61. The van der Waals surface area contributed by atoms with Gasteiger partial charge in [-0.25, -0.2) is 0 Å². The largest absolute Gasteiger partial charge is 0.348 e. The van der Waals surface area contributed by atoms with Crippen molar-refractivity contribution >= 4 is 5.91 Å². The summed E-state index contributed by atoms with van der Waals surface area (Å²) in [6, 6.07) is 10.6. The molecule has 0 aromatic heterocycles. The zero-order valence-corrected chi connectivity index (χ0v) is 9.41. The van der Waals surface area contributed by atoms with Crippen LogP contribution < -0.4 is 5.32 Å². The summed E-state index contributed by atoms with van der Waals surface area (Å²) >= 11 is 0. The molecule has 1 saturated heterocycles. The smallest absolute Gasteiger partial charge is 0.229 e. The number of carbonyl (C=O) groups is 1. The van der Waals surface area contributed by atoms with E-state index in [1.165, 1.54) is 24.8 Å². The van der Waals surface area contributed by atoms with Crippen LogP contribution in [0.4, 0.5) is 0 Å². The first kappa shape index (κ1) is 9.88. The third kappa shape index (κ3) is 1.29. The number of benzene rings is 1. The van der Waals surface area contributed by atoms with Gasteiger partial charge in [-0.2, -0.15) is 0 Å². The second kappa shape index (κ2) is 3.62. The van der Waals surface area contributed by atoms with E-state index in [-0.39, 0.29) is 17.4 Å². The Kier molecular flexibility index (Phi) is 2.23. The van der Waals surface area contributed by atoms with Crippen LogP contribution in [0.2, 0.25) is 0 Å². The Labute approximate surface area is 96.1 Å². The zero-order chi connectivity index (χ0) is 11.0. The lowest BCUT2D eigenvalue weighted by Gasteiger charge is -2.51. The fourth-order valence-electron chi connectivity index (χ4n) is 3.21. The average molecular weight is 215 g/mol. The quantitative estimate of drug-likeness (QED) is 0.717. The molecule has 1 heterocycles. The normalized spacial score (nSPS) is 27.2. The molecule has 1 saturated carbocycles. The summed E-state index contributed by atoms with van der Waals surface area (Å²) in [5.74, 6) is 0.279. The highest BCUT2D eigenvalue weighted by molar-refractivity contribution is 5.90. The molecule has 2 heteroatoms. The van der Waals surface area contributed by atoms with Gasteiger partial charge in [0.05, 0.1) is 11.5 Å². The Morgan fingerprint density at radius 3 is 2.38 bits per heavy atom. The van der Waals surface area contributed by atoms with E-state index in [0.29, 0.717) is 0 Å². The zero-order valence-electron chi connectivity index (χ0n) is 9.41.